The van der Waals surface area contributed by atoms with Gasteiger partial charge in [0.15, 0.2) is 5.76 Å². The predicted molar refractivity (Wildman–Crippen MR) is 109 cm³/mol. The van der Waals surface area contributed by atoms with Gasteiger partial charge in [0, 0.05) is 17.5 Å². The highest BCUT2D eigenvalue weighted by Gasteiger charge is 2.24. The van der Waals surface area contributed by atoms with Crippen molar-refractivity contribution in [2.75, 3.05) is 27.2 Å². The van der Waals surface area contributed by atoms with Crippen molar-refractivity contribution < 1.29 is 24.0 Å². The van der Waals surface area contributed by atoms with Crippen molar-refractivity contribution in [2.45, 2.75) is 6.54 Å². The van der Waals surface area contributed by atoms with Gasteiger partial charge in [0.05, 0.1) is 6.54 Å². The molecule has 0 saturated heterocycles. The quantitative estimate of drug-likeness (QED) is 0.359. The molecule has 0 bridgehead atoms. The number of benzene rings is 2. The number of hydrogen-bond donors (Lipinski definition) is 2. The molecule has 8 nitrogen and oxygen atoms in total. The van der Waals surface area contributed by atoms with Crippen molar-refractivity contribution in [3.63, 3.8) is 0 Å². The van der Waals surface area contributed by atoms with Crippen LogP contribution in [0.4, 0.5) is 0 Å². The van der Waals surface area contributed by atoms with E-state index in [1.807, 2.05) is 73.6 Å². The van der Waals surface area contributed by atoms with Crippen molar-refractivity contribution in [1.29, 1.82) is 0 Å². The van der Waals surface area contributed by atoms with Crippen molar-refractivity contribution in [2.24, 2.45) is 5.73 Å². The third kappa shape index (κ3) is 6.06. The first-order chi connectivity index (χ1) is 14.0. The van der Waals surface area contributed by atoms with Gasteiger partial charge in [-0.1, -0.05) is 36.4 Å². The van der Waals surface area contributed by atoms with Crippen molar-refractivity contribution >= 4 is 23.3 Å². The van der Waals surface area contributed by atoms with Crippen LogP contribution in [0.1, 0.15) is 16.1 Å². The summed E-state index contributed by atoms with van der Waals surface area (Å²) in [5.74, 6) is 0.266. The first kappa shape index (κ1) is 21.9. The van der Waals surface area contributed by atoms with Crippen LogP contribution in [0.2, 0.25) is 0 Å². The Morgan fingerprint density at radius 1 is 1.14 bits per heavy atom. The van der Waals surface area contributed by atoms with Gasteiger partial charge in [-0.2, -0.15) is 0 Å². The van der Waals surface area contributed by atoms with E-state index in [-0.39, 0.29) is 25.3 Å². The molecule has 3 rings (SSSR count). The van der Waals surface area contributed by atoms with E-state index in [9.17, 15) is 10.0 Å². The predicted octanol–water partition coefficient (Wildman–Crippen LogP) is 2.51. The van der Waals surface area contributed by atoms with Crippen LogP contribution in [0, 0.1) is 0 Å². The molecular formula is C21H25N3O5. The molecule has 0 unspecified atom stereocenters. The maximum Gasteiger partial charge on any atom is 0.313 e. The van der Waals surface area contributed by atoms with Gasteiger partial charge in [0.25, 0.3) is 0 Å². The maximum atomic E-state index is 12.7. The highest BCUT2D eigenvalue weighted by molar-refractivity contribution is 5.98. The molecule has 2 aromatic carbocycles. The van der Waals surface area contributed by atoms with Crippen molar-refractivity contribution in [3.05, 3.63) is 65.9 Å². The number of carbonyl (C=O) groups excluding carboxylic acids is 2. The third-order valence-electron chi connectivity index (χ3n) is 3.92. The smallest absolute Gasteiger partial charge is 0.313 e. The Labute approximate surface area is 169 Å². The highest BCUT2D eigenvalue weighted by atomic mass is 16.5. The molecule has 29 heavy (non-hydrogen) atoms. The first-order valence-electron chi connectivity index (χ1n) is 8.97. The Hall–Kier alpha value is -3.36. The second-order valence-corrected chi connectivity index (χ2v) is 6.37. The fourth-order valence-electron chi connectivity index (χ4n) is 2.73. The molecule has 8 heteroatoms. The fraction of sp³-hybridized carbons (Fsp3) is 0.238. The summed E-state index contributed by atoms with van der Waals surface area (Å²) in [6.07, 6.45) is 0.250. The van der Waals surface area contributed by atoms with E-state index in [1.54, 1.807) is 0 Å². The van der Waals surface area contributed by atoms with Gasteiger partial charge in [0.1, 0.15) is 17.9 Å². The second kappa shape index (κ2) is 10.8. The van der Waals surface area contributed by atoms with Crippen LogP contribution in [-0.2, 0) is 11.3 Å². The molecule has 0 fully saturated rings. The van der Waals surface area contributed by atoms with Crippen LogP contribution < -0.4 is 10.5 Å². The van der Waals surface area contributed by atoms with Gasteiger partial charge in [0.2, 0.25) is 6.41 Å². The lowest BCUT2D eigenvalue weighted by Crippen LogP contribution is -2.32. The summed E-state index contributed by atoms with van der Waals surface area (Å²) in [6, 6.07) is 16.7. The molecule has 0 aliphatic heterocycles. The Bertz CT molecular complexity index is 924. The molecule has 0 spiro atoms. The minimum absolute atomic E-state index is 0.0339. The summed E-state index contributed by atoms with van der Waals surface area (Å²) in [7, 11) is 3.83. The largest absolute Gasteiger partial charge is 0.492 e. The molecule has 0 aliphatic carbocycles. The summed E-state index contributed by atoms with van der Waals surface area (Å²) in [5, 5.41) is 11.7. The van der Waals surface area contributed by atoms with E-state index < -0.39 is 5.91 Å². The van der Waals surface area contributed by atoms with E-state index in [4.69, 9.17) is 13.9 Å². The molecule has 3 aromatic rings. The Morgan fingerprint density at radius 3 is 2.41 bits per heavy atom. The van der Waals surface area contributed by atoms with Gasteiger partial charge in [-0.25, -0.2) is 5.06 Å². The van der Waals surface area contributed by atoms with Gasteiger partial charge in [-0.05, 0) is 32.3 Å². The number of fused-ring (bicyclic) bond motifs is 1. The number of nitrogens with two attached hydrogens (primary N) is 1. The second-order valence-electron chi connectivity index (χ2n) is 6.37. The first-order valence-corrected chi connectivity index (χ1v) is 8.97. The molecule has 3 N–H and O–H groups in total. The topological polar surface area (TPSA) is 109 Å². The minimum atomic E-state index is -0.574. The number of para-hydroxylation sites is 2. The van der Waals surface area contributed by atoms with Crippen LogP contribution in [0.5, 0.6) is 5.75 Å². The molecule has 2 amide bonds. The average molecular weight is 399 g/mol. The highest BCUT2D eigenvalue weighted by Crippen LogP contribution is 2.27. The maximum absolute atomic E-state index is 12.7. The van der Waals surface area contributed by atoms with Crippen LogP contribution in [-0.4, -0.2) is 54.7 Å². The molecule has 0 aliphatic rings. The van der Waals surface area contributed by atoms with E-state index in [2.05, 4.69) is 5.73 Å². The number of hydroxylamine groups is 2. The number of carbonyl (C=O) groups is 2. The number of primary amides is 1. The van der Waals surface area contributed by atoms with E-state index in [0.717, 1.165) is 10.9 Å². The Morgan fingerprint density at radius 2 is 1.76 bits per heavy atom. The normalized spacial score (nSPS) is 10.3. The van der Waals surface area contributed by atoms with Crippen LogP contribution >= 0.6 is 0 Å². The van der Waals surface area contributed by atoms with Crippen molar-refractivity contribution in [3.8, 4) is 5.75 Å². The third-order valence-corrected chi connectivity index (χ3v) is 3.92. The SMILES string of the molecule is CN(C)Cc1c(C(=O)N(O)CCOc2ccccc2)oc2ccccc12.NC=O. The molecule has 0 saturated carbocycles. The lowest BCUT2D eigenvalue weighted by Gasteiger charge is -2.16. The lowest BCUT2D eigenvalue weighted by molar-refractivity contribution is -0.106. The summed E-state index contributed by atoms with van der Waals surface area (Å²) < 4.78 is 11.3. The van der Waals surface area contributed by atoms with E-state index >= 15 is 0 Å². The molecule has 1 aromatic heterocycles. The number of furan rings is 1. The Kier molecular flexibility index (Phi) is 8.20. The monoisotopic (exact) mass is 399 g/mol. The van der Waals surface area contributed by atoms with Gasteiger partial charge >= 0.3 is 5.91 Å². The number of nitrogens with zero attached hydrogens (tertiary/aromatic N) is 2. The number of rotatable bonds is 7. The zero-order valence-electron chi connectivity index (χ0n) is 16.4. The molecule has 0 atom stereocenters. The zero-order chi connectivity index (χ0) is 21.2. The van der Waals surface area contributed by atoms with E-state index in [1.165, 1.54) is 0 Å². The molecule has 154 valence electrons. The standard InChI is InChI=1S/C20H22N2O4.CH3NO/c1-21(2)14-17-16-10-6-7-11-18(16)26-19(17)20(23)22(24)12-13-25-15-8-4-3-5-9-15;2-1-3/h3-11,24H,12-14H2,1-2H3;1H,(H2,2,3). The summed E-state index contributed by atoms with van der Waals surface area (Å²) in [6.45, 7) is 0.744. The van der Waals surface area contributed by atoms with Crippen LogP contribution in [0.3, 0.4) is 0 Å². The number of hydrogen-bond acceptors (Lipinski definition) is 6. The summed E-state index contributed by atoms with van der Waals surface area (Å²) in [4.78, 5) is 23.2. The molecular weight excluding hydrogens is 374 g/mol. The van der Waals surface area contributed by atoms with E-state index in [0.29, 0.717) is 22.9 Å². The van der Waals surface area contributed by atoms with Crippen LogP contribution in [0.25, 0.3) is 11.0 Å². The number of ether oxygens (including phenoxy) is 1. The van der Waals surface area contributed by atoms with Crippen molar-refractivity contribution in [1.82, 2.24) is 9.96 Å². The fourth-order valence-corrected chi connectivity index (χ4v) is 2.73. The summed E-state index contributed by atoms with van der Waals surface area (Å²) in [5.41, 5.74) is 5.56. The molecule has 0 radical (unpaired) electrons. The molecule has 1 heterocycles. The number of amides is 2. The average Bonchev–Trinajstić information content (AvgIpc) is 3.06. The lowest BCUT2D eigenvalue weighted by atomic mass is 10.1. The minimum Gasteiger partial charge on any atom is -0.492 e. The summed E-state index contributed by atoms with van der Waals surface area (Å²) >= 11 is 0. The van der Waals surface area contributed by atoms with Gasteiger partial charge in [-0.3, -0.25) is 14.8 Å². The Balaban J connectivity index is 0.000000941. The van der Waals surface area contributed by atoms with Crippen LogP contribution in [0.15, 0.2) is 59.0 Å². The van der Waals surface area contributed by atoms with Gasteiger partial charge < -0.3 is 19.8 Å². The van der Waals surface area contributed by atoms with Gasteiger partial charge in [-0.15, -0.1) is 0 Å². The zero-order valence-corrected chi connectivity index (χ0v) is 16.4.